The van der Waals surface area contributed by atoms with Gasteiger partial charge < -0.3 is 0 Å². The zero-order valence-electron chi connectivity index (χ0n) is 5.88. The Hall–Kier alpha value is -0.510. The van der Waals surface area contributed by atoms with E-state index in [0.717, 1.165) is 6.20 Å². The van der Waals surface area contributed by atoms with Gasteiger partial charge in [-0.2, -0.15) is 8.42 Å². The van der Waals surface area contributed by atoms with Crippen molar-refractivity contribution < 1.29 is 13.0 Å². The van der Waals surface area contributed by atoms with E-state index < -0.39 is 15.1 Å². The van der Waals surface area contributed by atoms with Crippen molar-refractivity contribution in [2.75, 3.05) is 0 Å². The van der Waals surface area contributed by atoms with Crippen molar-refractivity contribution in [2.24, 2.45) is 0 Å². The van der Waals surface area contributed by atoms with Crippen molar-refractivity contribution in [3.8, 4) is 0 Å². The lowest BCUT2D eigenvalue weighted by Crippen LogP contribution is -1.97. The van der Waals surface area contributed by atoms with Crippen molar-refractivity contribution in [2.45, 2.75) is 5.03 Å². The normalized spacial score (nSPS) is 12.5. The third kappa shape index (κ3) is 1.59. The molecule has 1 N–H and O–H groups in total. The minimum absolute atomic E-state index is 0.390. The van der Waals surface area contributed by atoms with Gasteiger partial charge in [0, 0.05) is 0 Å². The van der Waals surface area contributed by atoms with Crippen molar-refractivity contribution in [1.29, 1.82) is 0 Å². The first-order chi connectivity index (χ1) is 5.97. The molecule has 0 aliphatic carbocycles. The maximum Gasteiger partial charge on any atom is 0.313 e. The Labute approximate surface area is 85.1 Å². The van der Waals surface area contributed by atoms with E-state index in [4.69, 9.17) is 4.55 Å². The number of rotatable bonds is 1. The largest absolute Gasteiger partial charge is 0.313 e. The third-order valence-corrected chi connectivity index (χ3v) is 3.34. The van der Waals surface area contributed by atoms with Crippen molar-refractivity contribution in [3.63, 3.8) is 0 Å². The van der Waals surface area contributed by atoms with Crippen LogP contribution in [0.2, 0.25) is 0 Å². The van der Waals surface area contributed by atoms with Crippen molar-refractivity contribution >= 4 is 42.3 Å². The Morgan fingerprint density at radius 3 is 2.85 bits per heavy atom. The molecule has 0 spiro atoms. The second-order valence-corrected chi connectivity index (χ2v) is 5.74. The van der Waals surface area contributed by atoms with Crippen LogP contribution in [0, 0.1) is 0 Å². The number of nitrogens with zero attached hydrogens (tertiary/aromatic N) is 3. The lowest BCUT2D eigenvalue weighted by molar-refractivity contribution is 0.480. The highest BCUT2D eigenvalue weighted by molar-refractivity contribution is 9.11. The van der Waals surface area contributed by atoms with Crippen LogP contribution >= 0.6 is 27.3 Å². The Kier molecular flexibility index (Phi) is 1.91. The van der Waals surface area contributed by atoms with Gasteiger partial charge in [0.05, 0.1) is 6.20 Å². The van der Waals surface area contributed by atoms with Gasteiger partial charge >= 0.3 is 10.1 Å². The van der Waals surface area contributed by atoms with Gasteiger partial charge in [0.15, 0.2) is 3.92 Å². The number of aromatic nitrogens is 3. The van der Waals surface area contributed by atoms with Crippen LogP contribution in [0.5, 0.6) is 0 Å². The molecule has 0 atom stereocenters. The molecule has 6 nitrogen and oxygen atoms in total. The van der Waals surface area contributed by atoms with Gasteiger partial charge in [0.2, 0.25) is 9.99 Å². The first-order valence-corrected chi connectivity index (χ1v) is 6.01. The van der Waals surface area contributed by atoms with Crippen molar-refractivity contribution in [3.05, 3.63) is 10.1 Å². The van der Waals surface area contributed by atoms with Crippen molar-refractivity contribution in [1.82, 2.24) is 14.6 Å². The fraction of sp³-hybridized carbons (Fsp3) is 0. The molecule has 0 saturated heterocycles. The summed E-state index contributed by atoms with van der Waals surface area (Å²) in [5, 5.41) is 3.47. The molecule has 13 heavy (non-hydrogen) atoms. The van der Waals surface area contributed by atoms with Gasteiger partial charge in [0.1, 0.15) is 0 Å². The zero-order valence-corrected chi connectivity index (χ0v) is 9.10. The monoisotopic (exact) mass is 283 g/mol. The van der Waals surface area contributed by atoms with Gasteiger partial charge in [-0.05, 0) is 15.9 Å². The number of hydrogen-bond acceptors (Lipinski definition) is 5. The molecule has 0 aromatic carbocycles. The maximum atomic E-state index is 10.6. The highest BCUT2D eigenvalue weighted by Crippen LogP contribution is 2.20. The van der Waals surface area contributed by atoms with E-state index in [9.17, 15) is 8.42 Å². The Bertz CT molecular complexity index is 525. The number of hydrogen-bond donors (Lipinski definition) is 1. The fourth-order valence-electron chi connectivity index (χ4n) is 0.780. The summed E-state index contributed by atoms with van der Waals surface area (Å²) >= 11 is 4.28. The Morgan fingerprint density at radius 1 is 1.62 bits per heavy atom. The molecule has 0 amide bonds. The van der Waals surface area contributed by atoms with Gasteiger partial charge in [-0.3, -0.25) is 4.55 Å². The summed E-state index contributed by atoms with van der Waals surface area (Å²) in [6.07, 6.45) is 1.14. The summed E-state index contributed by atoms with van der Waals surface area (Å²) < 4.78 is 31.8. The van der Waals surface area contributed by atoms with Crippen LogP contribution < -0.4 is 0 Å². The Balaban J connectivity index is 2.71. The van der Waals surface area contributed by atoms with Gasteiger partial charge in [-0.15, -0.1) is 5.10 Å². The van der Waals surface area contributed by atoms with Crippen LogP contribution in [0.25, 0.3) is 4.96 Å². The molecule has 0 unspecified atom stereocenters. The van der Waals surface area contributed by atoms with E-state index in [1.165, 1.54) is 15.9 Å². The Morgan fingerprint density at radius 2 is 2.31 bits per heavy atom. The molecule has 2 rings (SSSR count). The first-order valence-electron chi connectivity index (χ1n) is 2.96. The average Bonchev–Trinajstić information content (AvgIpc) is 2.40. The topological polar surface area (TPSA) is 84.6 Å². The molecule has 0 radical (unpaired) electrons. The smallest absolute Gasteiger partial charge is 0.281 e. The molecule has 2 aromatic heterocycles. The molecule has 2 aromatic rings. The molecule has 2 heterocycles. The molecule has 9 heteroatoms. The molecule has 0 aliphatic rings. The van der Waals surface area contributed by atoms with Crippen LogP contribution in [0.15, 0.2) is 15.1 Å². The average molecular weight is 284 g/mol. The number of halogens is 1. The molecule has 0 saturated carbocycles. The van der Waals surface area contributed by atoms with E-state index in [1.807, 2.05) is 0 Å². The summed E-state index contributed by atoms with van der Waals surface area (Å²) in [7, 11) is -4.23. The number of fused-ring (bicyclic) bond motifs is 1. The second-order valence-electron chi connectivity index (χ2n) is 2.14. The van der Waals surface area contributed by atoms with Crippen LogP contribution in [0.4, 0.5) is 0 Å². The van der Waals surface area contributed by atoms with Crippen LogP contribution in [-0.4, -0.2) is 27.6 Å². The quantitative estimate of drug-likeness (QED) is 0.783. The minimum Gasteiger partial charge on any atom is -0.281 e. The van der Waals surface area contributed by atoms with Crippen LogP contribution in [0.3, 0.4) is 0 Å². The minimum atomic E-state index is -4.23. The van der Waals surface area contributed by atoms with E-state index in [2.05, 4.69) is 26.0 Å². The first kappa shape index (κ1) is 9.06. The zero-order chi connectivity index (χ0) is 9.64. The summed E-state index contributed by atoms with van der Waals surface area (Å²) in [6.45, 7) is 0. The lowest BCUT2D eigenvalue weighted by Gasteiger charge is -1.84. The summed E-state index contributed by atoms with van der Waals surface area (Å²) in [6, 6.07) is 0. The molecular formula is C4H2BrN3O3S2. The summed E-state index contributed by atoms with van der Waals surface area (Å²) in [4.78, 5) is 4.06. The summed E-state index contributed by atoms with van der Waals surface area (Å²) in [5.74, 6) is 0. The van der Waals surface area contributed by atoms with Crippen LogP contribution in [0.1, 0.15) is 0 Å². The van der Waals surface area contributed by atoms with E-state index in [-0.39, 0.29) is 0 Å². The van der Waals surface area contributed by atoms with Gasteiger partial charge in [-0.1, -0.05) is 11.3 Å². The molecule has 0 bridgehead atoms. The highest BCUT2D eigenvalue weighted by Gasteiger charge is 2.16. The molecular weight excluding hydrogens is 282 g/mol. The summed E-state index contributed by atoms with van der Waals surface area (Å²) in [5.41, 5.74) is 0. The molecule has 70 valence electrons. The van der Waals surface area contributed by atoms with E-state index >= 15 is 0 Å². The predicted molar refractivity (Wildman–Crippen MR) is 48.4 cm³/mol. The fourth-order valence-corrected chi connectivity index (χ4v) is 2.49. The van der Waals surface area contributed by atoms with Crippen LogP contribution in [-0.2, 0) is 10.1 Å². The number of imidazole rings is 1. The lowest BCUT2D eigenvalue weighted by atomic mass is 10.9. The second kappa shape index (κ2) is 2.74. The van der Waals surface area contributed by atoms with E-state index in [0.29, 0.717) is 8.88 Å². The maximum absolute atomic E-state index is 10.6. The van der Waals surface area contributed by atoms with Gasteiger partial charge in [-0.25, -0.2) is 9.50 Å². The third-order valence-electron chi connectivity index (χ3n) is 1.26. The standard InChI is InChI=1S/C4H2BrN3O3S2/c5-3-7-8-1-2(13(9,10)11)6-4(8)12-3/h1H,(H,9,10,11). The van der Waals surface area contributed by atoms with Gasteiger partial charge in [0.25, 0.3) is 0 Å². The molecule has 0 fully saturated rings. The molecule has 0 aliphatic heterocycles. The highest BCUT2D eigenvalue weighted by atomic mass is 79.9. The SMILES string of the molecule is O=S(=O)(O)c1cn2nc(Br)sc2n1. The predicted octanol–water partition coefficient (Wildman–Crippen LogP) is 0.800. The van der Waals surface area contributed by atoms with E-state index in [1.54, 1.807) is 0 Å².